The Morgan fingerprint density at radius 3 is 2.03 bits per heavy atom. The van der Waals surface area contributed by atoms with E-state index in [9.17, 15) is 26.2 Å². The summed E-state index contributed by atoms with van der Waals surface area (Å²) in [6.07, 6.45) is 1.37. The van der Waals surface area contributed by atoms with Gasteiger partial charge in [0.15, 0.2) is 0 Å². The average molecular weight is 542 g/mol. The number of halogens is 1. The van der Waals surface area contributed by atoms with Gasteiger partial charge in [0.05, 0.1) is 19.1 Å². The third kappa shape index (κ3) is 11.0. The van der Waals surface area contributed by atoms with Crippen LogP contribution in [0, 0.1) is 0 Å². The number of rotatable bonds is 9. The summed E-state index contributed by atoms with van der Waals surface area (Å²) in [5, 5.41) is 0. The Hall–Kier alpha value is 0.590. The summed E-state index contributed by atoms with van der Waals surface area (Å²) in [5.41, 5.74) is 0.142. The zero-order chi connectivity index (χ0) is 22.6. The van der Waals surface area contributed by atoms with Crippen molar-refractivity contribution in [2.75, 3.05) is 32.0 Å². The van der Waals surface area contributed by atoms with E-state index >= 15 is 0 Å². The molecule has 2 N–H and O–H groups in total. The molecule has 0 fully saturated rings. The zero-order valence-corrected chi connectivity index (χ0v) is 18.9. The molecule has 0 aliphatic rings. The Morgan fingerprint density at radius 2 is 1.61 bits per heavy atom. The summed E-state index contributed by atoms with van der Waals surface area (Å²) in [6, 6.07) is 4.36. The Kier molecular flexibility index (Phi) is 14.7. The van der Waals surface area contributed by atoms with Gasteiger partial charge in [-0.05, 0) is 6.07 Å². The van der Waals surface area contributed by atoms with E-state index in [1.807, 2.05) is 0 Å². The molecule has 31 heavy (non-hydrogen) atoms. The van der Waals surface area contributed by atoms with Gasteiger partial charge in [0, 0.05) is 25.0 Å². The van der Waals surface area contributed by atoms with Crippen LogP contribution in [-0.4, -0.2) is 137 Å². The van der Waals surface area contributed by atoms with E-state index < -0.39 is 40.4 Å². The number of carbonyl (C=O) groups excluding carboxylic acids is 1. The van der Waals surface area contributed by atoms with Crippen molar-refractivity contribution in [2.24, 2.45) is 0 Å². The third-order valence-corrected chi connectivity index (χ3v) is 6.06. The van der Waals surface area contributed by atoms with E-state index in [-0.39, 0.29) is 87.3 Å². The van der Waals surface area contributed by atoms with Crippen molar-refractivity contribution >= 4 is 105 Å². The number of urea groups is 1. The number of alkyl halides is 1. The first-order valence-corrected chi connectivity index (χ1v) is 13.5. The molecule has 0 aromatic heterocycles. The van der Waals surface area contributed by atoms with Crippen molar-refractivity contribution in [1.82, 2.24) is 13.7 Å². The van der Waals surface area contributed by atoms with Crippen LogP contribution >= 0.6 is 19.4 Å². The molecule has 18 heteroatoms. The second-order valence-corrected chi connectivity index (χ2v) is 11.1. The van der Waals surface area contributed by atoms with Gasteiger partial charge >= 0.3 is 73.0 Å². The molecule has 0 unspecified atom stereocenters. The molecular formula is C13H23ClN3Na2O9PS2. The van der Waals surface area contributed by atoms with Crippen molar-refractivity contribution in [3.05, 3.63) is 29.8 Å². The van der Waals surface area contributed by atoms with Crippen molar-refractivity contribution in [3.8, 4) is 5.75 Å². The molecule has 0 aliphatic carbocycles. The van der Waals surface area contributed by atoms with Gasteiger partial charge in [-0.15, -0.1) is 16.0 Å². The van der Waals surface area contributed by atoms with Crippen molar-refractivity contribution in [1.29, 1.82) is 0 Å². The first kappa shape index (κ1) is 33.8. The van der Waals surface area contributed by atoms with Crippen LogP contribution in [0.1, 0.15) is 5.56 Å². The molecule has 1 aromatic carbocycles. The van der Waals surface area contributed by atoms with E-state index in [0.717, 1.165) is 4.90 Å². The number of carbonyl (C=O) groups is 1. The van der Waals surface area contributed by atoms with E-state index in [1.165, 1.54) is 31.3 Å². The predicted molar refractivity (Wildman–Crippen MR) is 119 cm³/mol. The number of sulfonamides is 2. The fourth-order valence-corrected chi connectivity index (χ4v) is 5.21. The van der Waals surface area contributed by atoms with Gasteiger partial charge in [0.25, 0.3) is 10.0 Å². The Labute approximate surface area is 230 Å². The van der Waals surface area contributed by atoms with E-state index in [2.05, 4.69) is 4.52 Å². The molecule has 0 aliphatic heterocycles. The topological polar surface area (TPSA) is 162 Å². The quantitative estimate of drug-likeness (QED) is 0.174. The number of phosphoric acid groups is 1. The van der Waals surface area contributed by atoms with Gasteiger partial charge in [-0.3, -0.25) is 9.79 Å². The second-order valence-electron chi connectivity index (χ2n) is 5.83. The van der Waals surface area contributed by atoms with Crippen LogP contribution in [0.2, 0.25) is 0 Å². The van der Waals surface area contributed by atoms with Gasteiger partial charge in [0.1, 0.15) is 5.75 Å². The summed E-state index contributed by atoms with van der Waals surface area (Å²) in [5.74, 6) is -0.512. The number of amides is 2. The van der Waals surface area contributed by atoms with Crippen molar-refractivity contribution < 1.29 is 40.5 Å². The van der Waals surface area contributed by atoms with Crippen LogP contribution in [0.15, 0.2) is 24.3 Å². The van der Waals surface area contributed by atoms with Gasteiger partial charge in [-0.1, -0.05) is 22.6 Å². The molecule has 12 nitrogen and oxygen atoms in total. The fraction of sp³-hybridized carbons (Fsp3) is 0.462. The molecule has 2 amide bonds. The molecule has 0 radical (unpaired) electrons. The minimum absolute atomic E-state index is 0. The van der Waals surface area contributed by atoms with Crippen molar-refractivity contribution in [3.63, 3.8) is 0 Å². The first-order valence-electron chi connectivity index (χ1n) is 7.70. The summed E-state index contributed by atoms with van der Waals surface area (Å²) < 4.78 is 64.3. The maximum absolute atomic E-state index is 12.8. The van der Waals surface area contributed by atoms with Gasteiger partial charge in [0.2, 0.25) is 10.0 Å². The van der Waals surface area contributed by atoms with E-state index in [1.54, 1.807) is 0 Å². The van der Waals surface area contributed by atoms with Gasteiger partial charge < -0.3 is 9.42 Å². The SMILES string of the molecule is CN(Cc1ccccc1OP(=O)(O)O)C(=O)N(N(CCCl)S(C)(=O)=O)S(C)(=O)=O.[NaH].[NaH]. The summed E-state index contributed by atoms with van der Waals surface area (Å²) >= 11 is 5.55. The number of hydrazine groups is 1. The monoisotopic (exact) mass is 541 g/mol. The normalized spacial score (nSPS) is 11.8. The molecule has 0 saturated heterocycles. The number of benzene rings is 1. The Bertz CT molecular complexity index is 1010. The fourth-order valence-electron chi connectivity index (χ4n) is 2.19. The number of nitrogens with zero attached hydrogens (tertiary/aromatic N) is 3. The van der Waals surface area contributed by atoms with Crippen LogP contribution in [0.4, 0.5) is 4.79 Å². The third-order valence-electron chi connectivity index (χ3n) is 3.26. The molecule has 1 aromatic rings. The number of hydrogen-bond donors (Lipinski definition) is 2. The molecule has 0 atom stereocenters. The minimum atomic E-state index is -4.89. The number of phosphoric ester groups is 1. The van der Waals surface area contributed by atoms with E-state index in [4.69, 9.17) is 21.4 Å². The van der Waals surface area contributed by atoms with E-state index in [0.29, 0.717) is 16.9 Å². The molecule has 0 spiro atoms. The summed E-state index contributed by atoms with van der Waals surface area (Å²) in [6.45, 7) is -0.829. The molecule has 0 heterocycles. The van der Waals surface area contributed by atoms with Gasteiger partial charge in [-0.25, -0.2) is 26.2 Å². The van der Waals surface area contributed by atoms with Crippen LogP contribution in [0.5, 0.6) is 5.75 Å². The van der Waals surface area contributed by atoms with Gasteiger partial charge in [-0.2, -0.15) is 0 Å². The molecular weight excluding hydrogens is 519 g/mol. The van der Waals surface area contributed by atoms with Crippen LogP contribution < -0.4 is 4.52 Å². The second kappa shape index (κ2) is 13.5. The molecule has 0 bridgehead atoms. The number of hydrogen-bond acceptors (Lipinski definition) is 7. The summed E-state index contributed by atoms with van der Waals surface area (Å²) in [7, 11) is -12.3. The molecule has 1 rings (SSSR count). The maximum atomic E-state index is 12.8. The van der Waals surface area contributed by atoms with Crippen LogP contribution in [0.25, 0.3) is 0 Å². The first-order chi connectivity index (χ1) is 13.1. The molecule has 170 valence electrons. The number of para-hydroxylation sites is 1. The zero-order valence-electron chi connectivity index (χ0n) is 15.7. The Morgan fingerprint density at radius 1 is 1.10 bits per heavy atom. The van der Waals surface area contributed by atoms with Crippen LogP contribution in [-0.2, 0) is 31.2 Å². The van der Waals surface area contributed by atoms with Crippen molar-refractivity contribution in [2.45, 2.75) is 6.54 Å². The standard InChI is InChI=1S/C13H21ClN3O9PS2.2Na.2H/c1-15(10-11-6-4-5-7-12(11)26-27(19,20)21)13(18)17(29(3,24)25)16(9-8-14)28(2,22)23;;;;/h4-7H,8-10H2,1-3H3,(H2,19,20,21);;;;. The van der Waals surface area contributed by atoms with Crippen LogP contribution in [0.3, 0.4) is 0 Å². The molecule has 0 saturated carbocycles. The Balaban J connectivity index is 0. The predicted octanol–water partition coefficient (Wildman–Crippen LogP) is -0.910. The average Bonchev–Trinajstić information content (AvgIpc) is 2.52. The summed E-state index contributed by atoms with van der Waals surface area (Å²) in [4.78, 5) is 31.6.